The van der Waals surface area contributed by atoms with E-state index in [0.717, 1.165) is 4.90 Å². The van der Waals surface area contributed by atoms with E-state index in [0.29, 0.717) is 17.3 Å². The molecule has 9 heteroatoms. The Morgan fingerprint density at radius 2 is 1.56 bits per heavy atom. The van der Waals surface area contributed by atoms with Gasteiger partial charge in [-0.1, -0.05) is 11.6 Å². The van der Waals surface area contributed by atoms with Gasteiger partial charge in [0.15, 0.2) is 19.7 Å². The summed E-state index contributed by atoms with van der Waals surface area (Å²) in [6.45, 7) is 8.15. The van der Waals surface area contributed by atoms with Gasteiger partial charge in [0.2, 0.25) is 0 Å². The molecule has 0 aliphatic heterocycles. The molecule has 1 atom stereocenters. The SMILES string of the molecule is CC[NH+](CC(=O)NNC(=O)COc1ccc(Cl)cc1)CC(=O)NC(C)(C)C. The van der Waals surface area contributed by atoms with E-state index >= 15 is 0 Å². The van der Waals surface area contributed by atoms with Gasteiger partial charge >= 0.3 is 0 Å². The molecule has 0 bridgehead atoms. The molecule has 0 fully saturated rings. The standard InChI is InChI=1S/C18H27ClN4O4/c1-5-23(10-15(24)20-18(2,3)4)11-16(25)21-22-17(26)12-27-14-8-6-13(19)7-9-14/h6-9H,5,10-12H2,1-4H3,(H,20,24)(H,21,25)(H,22,26)/p+1. The first-order chi connectivity index (χ1) is 12.6. The highest BCUT2D eigenvalue weighted by Gasteiger charge is 2.20. The second-order valence-electron chi connectivity index (χ2n) is 7.09. The topological polar surface area (TPSA) is 101 Å². The van der Waals surface area contributed by atoms with E-state index in [-0.39, 0.29) is 31.1 Å². The lowest BCUT2D eigenvalue weighted by Crippen LogP contribution is -3.14. The Morgan fingerprint density at radius 3 is 2.11 bits per heavy atom. The van der Waals surface area contributed by atoms with Crippen LogP contribution in [0.1, 0.15) is 27.7 Å². The van der Waals surface area contributed by atoms with Crippen LogP contribution >= 0.6 is 11.6 Å². The lowest BCUT2D eigenvalue weighted by molar-refractivity contribution is -0.881. The average molecular weight is 400 g/mol. The zero-order valence-corrected chi connectivity index (χ0v) is 16.9. The Morgan fingerprint density at radius 1 is 1.00 bits per heavy atom. The smallest absolute Gasteiger partial charge is 0.293 e. The maximum atomic E-state index is 12.0. The largest absolute Gasteiger partial charge is 0.484 e. The molecule has 4 N–H and O–H groups in total. The molecule has 27 heavy (non-hydrogen) atoms. The predicted octanol–water partition coefficient (Wildman–Crippen LogP) is -0.314. The molecule has 8 nitrogen and oxygen atoms in total. The number of halogens is 1. The number of carbonyl (C=O) groups excluding carboxylic acids is 3. The van der Waals surface area contributed by atoms with Crippen molar-refractivity contribution in [1.29, 1.82) is 0 Å². The Bertz CT molecular complexity index is 644. The van der Waals surface area contributed by atoms with Gasteiger partial charge in [-0.25, -0.2) is 0 Å². The van der Waals surface area contributed by atoms with Crippen LogP contribution in [-0.2, 0) is 14.4 Å². The molecule has 150 valence electrons. The van der Waals surface area contributed by atoms with Crippen LogP contribution in [0.15, 0.2) is 24.3 Å². The number of likely N-dealkylation sites (N-methyl/N-ethyl adjacent to an activating group) is 1. The number of rotatable bonds is 8. The number of ether oxygens (including phenoxy) is 1. The average Bonchev–Trinajstić information content (AvgIpc) is 2.57. The predicted molar refractivity (Wildman–Crippen MR) is 102 cm³/mol. The number of hydrogen-bond donors (Lipinski definition) is 4. The van der Waals surface area contributed by atoms with Gasteiger partial charge in [-0.3, -0.25) is 25.2 Å². The van der Waals surface area contributed by atoms with Crippen molar-refractivity contribution in [1.82, 2.24) is 16.2 Å². The summed E-state index contributed by atoms with van der Waals surface area (Å²) in [7, 11) is 0. The summed E-state index contributed by atoms with van der Waals surface area (Å²) in [5.74, 6) is -0.531. The van der Waals surface area contributed by atoms with Crippen molar-refractivity contribution < 1.29 is 24.0 Å². The highest BCUT2D eigenvalue weighted by atomic mass is 35.5. The highest BCUT2D eigenvalue weighted by molar-refractivity contribution is 6.30. The van der Waals surface area contributed by atoms with Crippen LogP contribution in [0.2, 0.25) is 5.02 Å². The van der Waals surface area contributed by atoms with Crippen molar-refractivity contribution in [3.63, 3.8) is 0 Å². The third-order valence-corrected chi connectivity index (χ3v) is 3.61. The molecule has 0 aromatic heterocycles. The number of hydrogen-bond acceptors (Lipinski definition) is 4. The van der Waals surface area contributed by atoms with E-state index < -0.39 is 11.8 Å². The number of nitrogens with one attached hydrogen (secondary N) is 4. The van der Waals surface area contributed by atoms with Crippen molar-refractivity contribution in [2.45, 2.75) is 33.2 Å². The Balaban J connectivity index is 2.32. The first kappa shape index (κ1) is 22.7. The highest BCUT2D eigenvalue weighted by Crippen LogP contribution is 2.15. The van der Waals surface area contributed by atoms with Crippen molar-refractivity contribution in [2.24, 2.45) is 0 Å². The second kappa shape index (κ2) is 10.7. The number of amides is 3. The number of carbonyl (C=O) groups is 3. The van der Waals surface area contributed by atoms with E-state index in [2.05, 4.69) is 16.2 Å². The Kier molecular flexibility index (Phi) is 9.04. The third-order valence-electron chi connectivity index (χ3n) is 3.36. The minimum absolute atomic E-state index is 0.0619. The summed E-state index contributed by atoms with van der Waals surface area (Å²) in [6, 6.07) is 6.57. The molecule has 0 radical (unpaired) electrons. The van der Waals surface area contributed by atoms with E-state index in [1.165, 1.54) is 0 Å². The molecule has 1 rings (SSSR count). The number of hydrazine groups is 1. The first-order valence-electron chi connectivity index (χ1n) is 8.69. The van der Waals surface area contributed by atoms with Crippen LogP contribution < -0.4 is 25.8 Å². The molecular formula is C18H28ClN4O4+. The molecule has 0 saturated heterocycles. The summed E-state index contributed by atoms with van der Waals surface area (Å²) in [6.07, 6.45) is 0. The van der Waals surface area contributed by atoms with Crippen LogP contribution in [0.5, 0.6) is 5.75 Å². The van der Waals surface area contributed by atoms with E-state index in [9.17, 15) is 14.4 Å². The van der Waals surface area contributed by atoms with Crippen LogP contribution in [-0.4, -0.2) is 49.5 Å². The lowest BCUT2D eigenvalue weighted by Gasteiger charge is -2.23. The van der Waals surface area contributed by atoms with Crippen LogP contribution in [0.4, 0.5) is 0 Å². The maximum absolute atomic E-state index is 12.0. The van der Waals surface area contributed by atoms with Gasteiger partial charge in [0.1, 0.15) is 5.75 Å². The van der Waals surface area contributed by atoms with Gasteiger partial charge in [0, 0.05) is 10.6 Å². The van der Waals surface area contributed by atoms with Gasteiger partial charge in [0.25, 0.3) is 17.7 Å². The summed E-state index contributed by atoms with van der Waals surface area (Å²) in [5.41, 5.74) is 4.28. The number of quaternary nitrogens is 1. The van der Waals surface area contributed by atoms with Crippen molar-refractivity contribution >= 4 is 29.3 Å². The van der Waals surface area contributed by atoms with Crippen LogP contribution in [0.25, 0.3) is 0 Å². The van der Waals surface area contributed by atoms with Gasteiger partial charge in [0.05, 0.1) is 6.54 Å². The first-order valence-corrected chi connectivity index (χ1v) is 9.07. The summed E-state index contributed by atoms with van der Waals surface area (Å²) in [5, 5.41) is 3.42. The van der Waals surface area contributed by atoms with Crippen LogP contribution in [0, 0.1) is 0 Å². The molecule has 0 heterocycles. The summed E-state index contributed by atoms with van der Waals surface area (Å²) in [4.78, 5) is 36.4. The molecule has 0 aliphatic carbocycles. The molecule has 0 spiro atoms. The second-order valence-corrected chi connectivity index (χ2v) is 7.53. The number of benzene rings is 1. The summed E-state index contributed by atoms with van der Waals surface area (Å²) >= 11 is 5.77. The van der Waals surface area contributed by atoms with Crippen molar-refractivity contribution in [3.05, 3.63) is 29.3 Å². The zero-order valence-electron chi connectivity index (χ0n) is 16.1. The third kappa shape index (κ3) is 10.4. The monoisotopic (exact) mass is 399 g/mol. The van der Waals surface area contributed by atoms with E-state index in [1.807, 2.05) is 27.7 Å². The van der Waals surface area contributed by atoms with E-state index in [4.69, 9.17) is 16.3 Å². The molecule has 0 aliphatic rings. The lowest BCUT2D eigenvalue weighted by atomic mass is 10.1. The molecular weight excluding hydrogens is 372 g/mol. The van der Waals surface area contributed by atoms with E-state index in [1.54, 1.807) is 24.3 Å². The van der Waals surface area contributed by atoms with Crippen molar-refractivity contribution in [3.8, 4) is 5.75 Å². The normalized spacial score (nSPS) is 12.0. The maximum Gasteiger partial charge on any atom is 0.293 e. The minimum atomic E-state index is -0.498. The molecule has 1 aromatic carbocycles. The summed E-state index contributed by atoms with van der Waals surface area (Å²) < 4.78 is 5.28. The van der Waals surface area contributed by atoms with Gasteiger partial charge < -0.3 is 15.0 Å². The fourth-order valence-corrected chi connectivity index (χ4v) is 2.25. The fraction of sp³-hybridized carbons (Fsp3) is 0.500. The van der Waals surface area contributed by atoms with Crippen molar-refractivity contribution in [2.75, 3.05) is 26.2 Å². The van der Waals surface area contributed by atoms with Gasteiger partial charge in [-0.15, -0.1) is 0 Å². The fourth-order valence-electron chi connectivity index (χ4n) is 2.13. The molecule has 3 amide bonds. The Labute approximate surface area is 164 Å². The molecule has 0 saturated carbocycles. The zero-order chi connectivity index (χ0) is 20.4. The Hall–Kier alpha value is -2.32. The molecule has 1 unspecified atom stereocenters. The minimum Gasteiger partial charge on any atom is -0.484 e. The van der Waals surface area contributed by atoms with Gasteiger partial charge in [-0.05, 0) is 52.0 Å². The quantitative estimate of drug-likeness (QED) is 0.450. The molecule has 1 aromatic rings. The van der Waals surface area contributed by atoms with Crippen LogP contribution in [0.3, 0.4) is 0 Å². The van der Waals surface area contributed by atoms with Gasteiger partial charge in [-0.2, -0.15) is 0 Å².